The Hall–Kier alpha value is -1.32. The van der Waals surface area contributed by atoms with E-state index in [1.54, 1.807) is 0 Å². The number of nitro groups is 1. The maximum Gasteiger partial charge on any atom is 0.440 e. The number of hydrogen-bond acceptors (Lipinski definition) is 3. The normalized spacial score (nSPS) is 11.9. The van der Waals surface area contributed by atoms with Crippen molar-refractivity contribution >= 4 is 21.6 Å². The van der Waals surface area contributed by atoms with E-state index in [0.29, 0.717) is 6.07 Å². The van der Waals surface area contributed by atoms with Crippen molar-refractivity contribution in [3.63, 3.8) is 0 Å². The van der Waals surface area contributed by atoms with Crippen molar-refractivity contribution < 1.29 is 26.9 Å². The van der Waals surface area contributed by atoms with Crippen molar-refractivity contribution in [2.75, 3.05) is 0 Å². The maximum absolute atomic E-state index is 12.4. The van der Waals surface area contributed by atoms with E-state index in [1.165, 1.54) is 0 Å². The first-order valence-electron chi connectivity index (χ1n) is 3.84. The van der Waals surface area contributed by atoms with Crippen LogP contribution >= 0.6 is 15.9 Å². The van der Waals surface area contributed by atoms with Crippen LogP contribution in [0.1, 0.15) is 17.7 Å². The number of aromatic nitrogens is 1. The van der Waals surface area contributed by atoms with Gasteiger partial charge in [-0.15, -0.1) is 0 Å². The summed E-state index contributed by atoms with van der Waals surface area (Å²) in [6.45, 7) is 0. The predicted molar refractivity (Wildman–Crippen MR) is 48.6 cm³/mol. The van der Waals surface area contributed by atoms with Gasteiger partial charge >= 0.3 is 11.9 Å². The zero-order valence-corrected chi connectivity index (χ0v) is 9.22. The SMILES string of the molecule is O=[N+]([O-])c1c(C(F)F)cc(Br)nc1C(F)(F)F. The maximum atomic E-state index is 12.4. The summed E-state index contributed by atoms with van der Waals surface area (Å²) in [4.78, 5) is 11.7. The summed E-state index contributed by atoms with van der Waals surface area (Å²) in [5, 5.41) is 10.4. The molecule has 0 unspecified atom stereocenters. The Morgan fingerprint density at radius 2 is 1.94 bits per heavy atom. The molecular weight excluding hydrogens is 319 g/mol. The summed E-state index contributed by atoms with van der Waals surface area (Å²) in [6, 6.07) is 0.484. The third-order valence-corrected chi connectivity index (χ3v) is 2.08. The second-order valence-electron chi connectivity index (χ2n) is 2.79. The standard InChI is InChI=1S/C7H2BrF5N2O2/c8-3-1-2(6(9)10)4(15(16)17)5(14-3)7(11,12)13/h1,6H. The monoisotopic (exact) mass is 320 g/mol. The van der Waals surface area contributed by atoms with Gasteiger partial charge < -0.3 is 0 Å². The van der Waals surface area contributed by atoms with Crippen molar-refractivity contribution in [2.45, 2.75) is 12.6 Å². The van der Waals surface area contributed by atoms with Gasteiger partial charge in [0.05, 0.1) is 4.92 Å². The third-order valence-electron chi connectivity index (χ3n) is 1.68. The van der Waals surface area contributed by atoms with Crippen molar-refractivity contribution in [2.24, 2.45) is 0 Å². The molecule has 0 N–H and O–H groups in total. The van der Waals surface area contributed by atoms with Gasteiger partial charge in [0.25, 0.3) is 6.43 Å². The van der Waals surface area contributed by atoms with E-state index in [9.17, 15) is 32.1 Å². The van der Waals surface area contributed by atoms with E-state index in [4.69, 9.17) is 0 Å². The fourth-order valence-electron chi connectivity index (χ4n) is 1.08. The van der Waals surface area contributed by atoms with E-state index in [0.717, 1.165) is 0 Å². The van der Waals surface area contributed by atoms with Crippen LogP contribution in [0.4, 0.5) is 27.6 Å². The fraction of sp³-hybridized carbons (Fsp3) is 0.286. The molecule has 0 fully saturated rings. The van der Waals surface area contributed by atoms with E-state index in [1.807, 2.05) is 0 Å². The minimum Gasteiger partial charge on any atom is -0.258 e. The van der Waals surface area contributed by atoms with E-state index in [-0.39, 0.29) is 0 Å². The Kier molecular flexibility index (Phi) is 3.65. The zero-order valence-electron chi connectivity index (χ0n) is 7.63. The number of nitrogens with zero attached hydrogens (tertiary/aromatic N) is 2. The lowest BCUT2D eigenvalue weighted by Gasteiger charge is -2.10. The van der Waals surface area contributed by atoms with E-state index >= 15 is 0 Å². The molecule has 94 valence electrons. The molecule has 0 aliphatic rings. The lowest BCUT2D eigenvalue weighted by molar-refractivity contribution is -0.390. The Morgan fingerprint density at radius 1 is 1.41 bits per heavy atom. The molecule has 1 rings (SSSR count). The Balaban J connectivity index is 3.64. The largest absolute Gasteiger partial charge is 0.440 e. The molecule has 1 aromatic heterocycles. The molecule has 0 saturated carbocycles. The summed E-state index contributed by atoms with van der Waals surface area (Å²) < 4.78 is 61.5. The van der Waals surface area contributed by atoms with E-state index in [2.05, 4.69) is 20.9 Å². The van der Waals surface area contributed by atoms with Gasteiger partial charge in [0.2, 0.25) is 5.69 Å². The highest BCUT2D eigenvalue weighted by atomic mass is 79.9. The molecule has 0 aliphatic heterocycles. The molecule has 17 heavy (non-hydrogen) atoms. The topological polar surface area (TPSA) is 56.0 Å². The van der Waals surface area contributed by atoms with Gasteiger partial charge in [-0.2, -0.15) is 13.2 Å². The molecule has 0 atom stereocenters. The number of alkyl halides is 5. The quantitative estimate of drug-likeness (QED) is 0.361. The summed E-state index contributed by atoms with van der Waals surface area (Å²) in [5.74, 6) is 0. The molecule has 0 aliphatic carbocycles. The summed E-state index contributed by atoms with van der Waals surface area (Å²) in [6.07, 6.45) is -8.59. The zero-order chi connectivity index (χ0) is 13.4. The van der Waals surface area contributed by atoms with Gasteiger partial charge in [0.1, 0.15) is 10.2 Å². The predicted octanol–water partition coefficient (Wildman–Crippen LogP) is 3.71. The molecule has 0 spiro atoms. The third kappa shape index (κ3) is 2.87. The number of pyridine rings is 1. The van der Waals surface area contributed by atoms with Crippen LogP contribution < -0.4 is 0 Å². The molecule has 0 bridgehead atoms. The summed E-state index contributed by atoms with van der Waals surface area (Å²) in [7, 11) is 0. The van der Waals surface area contributed by atoms with Gasteiger partial charge in [-0.25, -0.2) is 13.8 Å². The first kappa shape index (κ1) is 13.7. The molecular formula is C7H2BrF5N2O2. The molecule has 10 heteroatoms. The first-order valence-corrected chi connectivity index (χ1v) is 4.64. The molecule has 0 amide bonds. The number of halogens is 6. The van der Waals surface area contributed by atoms with Crippen molar-refractivity contribution in [1.82, 2.24) is 4.98 Å². The van der Waals surface area contributed by atoms with Gasteiger partial charge in [-0.1, -0.05) is 0 Å². The lowest BCUT2D eigenvalue weighted by atomic mass is 10.2. The van der Waals surface area contributed by atoms with Crippen molar-refractivity contribution in [1.29, 1.82) is 0 Å². The van der Waals surface area contributed by atoms with Crippen LogP contribution in [0.2, 0.25) is 0 Å². The molecule has 0 radical (unpaired) electrons. The molecule has 4 nitrogen and oxygen atoms in total. The average Bonchev–Trinajstić information content (AvgIpc) is 2.14. The van der Waals surface area contributed by atoms with Crippen molar-refractivity contribution in [3.05, 3.63) is 32.0 Å². The van der Waals surface area contributed by atoms with Gasteiger partial charge in [0.15, 0.2) is 0 Å². The van der Waals surface area contributed by atoms with Crippen LogP contribution in [0.5, 0.6) is 0 Å². The molecule has 1 aromatic rings. The van der Waals surface area contributed by atoms with Crippen LogP contribution in [0.15, 0.2) is 10.7 Å². The average molecular weight is 321 g/mol. The van der Waals surface area contributed by atoms with Gasteiger partial charge in [-0.3, -0.25) is 10.1 Å². The van der Waals surface area contributed by atoms with Crippen LogP contribution in [0.25, 0.3) is 0 Å². The Morgan fingerprint density at radius 3 is 2.29 bits per heavy atom. The molecule has 0 saturated heterocycles. The number of rotatable bonds is 2. The highest BCUT2D eigenvalue weighted by Gasteiger charge is 2.43. The lowest BCUT2D eigenvalue weighted by Crippen LogP contribution is -2.14. The molecule has 1 heterocycles. The van der Waals surface area contributed by atoms with Gasteiger partial charge in [0, 0.05) is 0 Å². The summed E-state index contributed by atoms with van der Waals surface area (Å²) in [5.41, 5.74) is -5.01. The van der Waals surface area contributed by atoms with Crippen LogP contribution in [-0.4, -0.2) is 9.91 Å². The fourth-order valence-corrected chi connectivity index (χ4v) is 1.51. The smallest absolute Gasteiger partial charge is 0.258 e. The van der Waals surface area contributed by atoms with Crippen LogP contribution in [0.3, 0.4) is 0 Å². The van der Waals surface area contributed by atoms with Gasteiger partial charge in [-0.05, 0) is 22.0 Å². The van der Waals surface area contributed by atoms with Crippen LogP contribution in [0, 0.1) is 10.1 Å². The first-order chi connectivity index (χ1) is 7.64. The second kappa shape index (κ2) is 4.51. The Labute approximate surface area is 98.7 Å². The highest BCUT2D eigenvalue weighted by Crippen LogP contribution is 2.40. The Bertz CT molecular complexity index is 462. The summed E-state index contributed by atoms with van der Waals surface area (Å²) >= 11 is 2.49. The van der Waals surface area contributed by atoms with Crippen molar-refractivity contribution in [3.8, 4) is 0 Å². The highest BCUT2D eigenvalue weighted by molar-refractivity contribution is 9.10. The minimum absolute atomic E-state index is 0.484. The second-order valence-corrected chi connectivity index (χ2v) is 3.60. The van der Waals surface area contributed by atoms with Crippen LogP contribution in [-0.2, 0) is 6.18 Å². The molecule has 0 aromatic carbocycles. The van der Waals surface area contributed by atoms with E-state index < -0.39 is 39.1 Å². The minimum atomic E-state index is -5.18. The number of hydrogen-bond donors (Lipinski definition) is 0.